The normalized spacial score (nSPS) is 14.8. The van der Waals surface area contributed by atoms with Crippen LogP contribution in [0.25, 0.3) is 0 Å². The number of benzene rings is 1. The molecule has 0 saturated carbocycles. The minimum atomic E-state index is -0.215. The molecule has 2 rings (SSSR count). The van der Waals surface area contributed by atoms with Gasteiger partial charge >= 0.3 is 6.09 Å². The number of rotatable bonds is 5. The topological polar surface area (TPSA) is 68.0 Å². The Morgan fingerprint density at radius 1 is 1.27 bits per heavy atom. The maximum Gasteiger partial charge on any atom is 0.409 e. The van der Waals surface area contributed by atoms with Gasteiger partial charge in [-0.25, -0.2) is 4.79 Å². The Morgan fingerprint density at radius 3 is 2.64 bits per heavy atom. The number of methoxy groups -OCH3 is 1. The molecule has 1 heterocycles. The lowest BCUT2D eigenvalue weighted by molar-refractivity contribution is 0.0989. The van der Waals surface area contributed by atoms with E-state index in [1.807, 2.05) is 18.2 Å². The van der Waals surface area contributed by atoms with E-state index in [0.29, 0.717) is 25.4 Å². The maximum absolute atomic E-state index is 11.9. The minimum Gasteiger partial charge on any atom is -0.495 e. The predicted molar refractivity (Wildman–Crippen MR) is 87.4 cm³/mol. The van der Waals surface area contributed by atoms with Crippen molar-refractivity contribution in [1.29, 1.82) is 0 Å². The van der Waals surface area contributed by atoms with Gasteiger partial charge in [0.2, 0.25) is 0 Å². The second-order valence-electron chi connectivity index (χ2n) is 5.37. The van der Waals surface area contributed by atoms with E-state index in [0.717, 1.165) is 37.4 Å². The van der Waals surface area contributed by atoms with Gasteiger partial charge in [-0.15, -0.1) is 0 Å². The molecule has 0 unspecified atom stereocenters. The number of nitrogens with two attached hydrogens (primary N) is 1. The zero-order chi connectivity index (χ0) is 15.9. The van der Waals surface area contributed by atoms with Gasteiger partial charge in [-0.1, -0.05) is 13.3 Å². The molecule has 1 aliphatic rings. The van der Waals surface area contributed by atoms with Gasteiger partial charge in [0.1, 0.15) is 5.75 Å². The third-order valence-corrected chi connectivity index (χ3v) is 3.80. The molecule has 1 aromatic carbocycles. The number of ether oxygens (including phenoxy) is 2. The van der Waals surface area contributed by atoms with Crippen molar-refractivity contribution in [3.05, 3.63) is 18.2 Å². The van der Waals surface area contributed by atoms with Crippen LogP contribution in [0, 0.1) is 0 Å². The van der Waals surface area contributed by atoms with Crippen LogP contribution in [0.4, 0.5) is 16.2 Å². The average Bonchev–Trinajstić information content (AvgIpc) is 2.55. The predicted octanol–water partition coefficient (Wildman–Crippen LogP) is 2.34. The largest absolute Gasteiger partial charge is 0.495 e. The molecular formula is C16H25N3O3. The van der Waals surface area contributed by atoms with Crippen LogP contribution in [0.5, 0.6) is 5.75 Å². The van der Waals surface area contributed by atoms with Crippen molar-refractivity contribution in [1.82, 2.24) is 4.90 Å². The Morgan fingerprint density at radius 2 is 2.00 bits per heavy atom. The van der Waals surface area contributed by atoms with Gasteiger partial charge in [0, 0.05) is 31.9 Å². The number of hydrogen-bond acceptors (Lipinski definition) is 5. The molecule has 22 heavy (non-hydrogen) atoms. The van der Waals surface area contributed by atoms with Crippen LogP contribution in [0.2, 0.25) is 0 Å². The fraction of sp³-hybridized carbons (Fsp3) is 0.562. The third-order valence-electron chi connectivity index (χ3n) is 3.80. The van der Waals surface area contributed by atoms with Crippen molar-refractivity contribution in [2.24, 2.45) is 0 Å². The highest BCUT2D eigenvalue weighted by molar-refractivity contribution is 5.69. The zero-order valence-corrected chi connectivity index (χ0v) is 13.4. The van der Waals surface area contributed by atoms with Crippen molar-refractivity contribution >= 4 is 17.5 Å². The lowest BCUT2D eigenvalue weighted by Crippen LogP contribution is -2.49. The number of anilines is 2. The van der Waals surface area contributed by atoms with Gasteiger partial charge in [0.15, 0.2) is 0 Å². The van der Waals surface area contributed by atoms with Crippen LogP contribution in [-0.2, 0) is 4.74 Å². The van der Waals surface area contributed by atoms with Crippen molar-refractivity contribution in [3.63, 3.8) is 0 Å². The Labute approximate surface area is 131 Å². The second-order valence-corrected chi connectivity index (χ2v) is 5.37. The van der Waals surface area contributed by atoms with Crippen molar-refractivity contribution in [2.45, 2.75) is 19.8 Å². The summed E-state index contributed by atoms with van der Waals surface area (Å²) in [4.78, 5) is 15.9. The number of carbonyl (C=O) groups is 1. The zero-order valence-electron chi connectivity index (χ0n) is 13.4. The molecule has 0 aliphatic carbocycles. The Balaban J connectivity index is 1.92. The maximum atomic E-state index is 11.9. The molecule has 1 amide bonds. The van der Waals surface area contributed by atoms with Crippen LogP contribution in [0.3, 0.4) is 0 Å². The number of nitrogens with zero attached hydrogens (tertiary/aromatic N) is 2. The Hall–Kier alpha value is -2.11. The lowest BCUT2D eigenvalue weighted by Gasteiger charge is -2.36. The molecule has 1 aromatic rings. The van der Waals surface area contributed by atoms with E-state index < -0.39 is 0 Å². The molecule has 0 atom stereocenters. The lowest BCUT2D eigenvalue weighted by atomic mass is 10.2. The molecule has 0 aromatic heterocycles. The summed E-state index contributed by atoms with van der Waals surface area (Å²) in [6.07, 6.45) is 1.72. The number of unbranched alkanes of at least 4 members (excludes halogenated alkanes) is 1. The summed E-state index contributed by atoms with van der Waals surface area (Å²) < 4.78 is 10.6. The summed E-state index contributed by atoms with van der Waals surface area (Å²) in [5, 5.41) is 0. The first-order valence-corrected chi connectivity index (χ1v) is 7.76. The summed E-state index contributed by atoms with van der Waals surface area (Å²) in [6, 6.07) is 5.60. The first-order valence-electron chi connectivity index (χ1n) is 7.76. The van der Waals surface area contributed by atoms with Crippen LogP contribution >= 0.6 is 0 Å². The molecule has 2 N–H and O–H groups in total. The molecule has 0 radical (unpaired) electrons. The highest BCUT2D eigenvalue weighted by atomic mass is 16.6. The van der Waals surface area contributed by atoms with Gasteiger partial charge in [0.25, 0.3) is 0 Å². The van der Waals surface area contributed by atoms with Crippen LogP contribution in [0.15, 0.2) is 18.2 Å². The highest BCUT2D eigenvalue weighted by Crippen LogP contribution is 2.31. The van der Waals surface area contributed by atoms with Gasteiger partial charge in [-0.3, -0.25) is 0 Å². The van der Waals surface area contributed by atoms with E-state index in [-0.39, 0.29) is 6.09 Å². The summed E-state index contributed by atoms with van der Waals surface area (Å²) >= 11 is 0. The quantitative estimate of drug-likeness (QED) is 0.668. The number of piperazine rings is 1. The SMILES string of the molecule is CCCCOC(=O)N1CCN(c2cc(N)ccc2OC)CC1. The molecule has 6 heteroatoms. The van der Waals surface area contributed by atoms with E-state index in [9.17, 15) is 4.79 Å². The number of hydrogen-bond donors (Lipinski definition) is 1. The monoisotopic (exact) mass is 307 g/mol. The molecule has 122 valence electrons. The Bertz CT molecular complexity index is 499. The van der Waals surface area contributed by atoms with Gasteiger partial charge in [-0.2, -0.15) is 0 Å². The summed E-state index contributed by atoms with van der Waals surface area (Å²) in [7, 11) is 1.65. The van der Waals surface area contributed by atoms with E-state index in [2.05, 4.69) is 11.8 Å². The molecule has 0 bridgehead atoms. The van der Waals surface area contributed by atoms with Crippen LogP contribution in [-0.4, -0.2) is 50.9 Å². The highest BCUT2D eigenvalue weighted by Gasteiger charge is 2.23. The van der Waals surface area contributed by atoms with Gasteiger partial charge in [0.05, 0.1) is 19.4 Å². The second kappa shape index (κ2) is 7.77. The first-order chi connectivity index (χ1) is 10.7. The van der Waals surface area contributed by atoms with Crippen LogP contribution < -0.4 is 15.4 Å². The average molecular weight is 307 g/mol. The summed E-state index contributed by atoms with van der Waals surface area (Å²) in [5.74, 6) is 0.799. The van der Waals surface area contributed by atoms with E-state index in [1.54, 1.807) is 12.0 Å². The van der Waals surface area contributed by atoms with Crippen molar-refractivity contribution in [2.75, 3.05) is 50.5 Å². The number of amides is 1. The number of nitrogen functional groups attached to an aromatic ring is 1. The van der Waals surface area contributed by atoms with Crippen molar-refractivity contribution in [3.8, 4) is 5.75 Å². The fourth-order valence-corrected chi connectivity index (χ4v) is 2.48. The summed E-state index contributed by atoms with van der Waals surface area (Å²) in [6.45, 7) is 5.33. The molecule has 1 fully saturated rings. The first kappa shape index (κ1) is 16.3. The molecule has 0 spiro atoms. The molecular weight excluding hydrogens is 282 g/mol. The molecule has 6 nitrogen and oxygen atoms in total. The van der Waals surface area contributed by atoms with Gasteiger partial charge < -0.3 is 25.0 Å². The van der Waals surface area contributed by atoms with Gasteiger partial charge in [-0.05, 0) is 24.6 Å². The van der Waals surface area contributed by atoms with E-state index in [1.165, 1.54) is 0 Å². The van der Waals surface area contributed by atoms with Crippen LogP contribution in [0.1, 0.15) is 19.8 Å². The third kappa shape index (κ3) is 3.96. The standard InChI is InChI=1S/C16H25N3O3/c1-3-4-11-22-16(20)19-9-7-18(8-10-19)14-12-13(17)5-6-15(14)21-2/h5-6,12H,3-4,7-11,17H2,1-2H3. The fourth-order valence-electron chi connectivity index (χ4n) is 2.48. The summed E-state index contributed by atoms with van der Waals surface area (Å²) in [5.41, 5.74) is 7.55. The van der Waals surface area contributed by atoms with E-state index >= 15 is 0 Å². The van der Waals surface area contributed by atoms with E-state index in [4.69, 9.17) is 15.2 Å². The number of carbonyl (C=O) groups excluding carboxylic acids is 1. The van der Waals surface area contributed by atoms with Crippen molar-refractivity contribution < 1.29 is 14.3 Å². The molecule has 1 aliphatic heterocycles. The molecule has 1 saturated heterocycles. The smallest absolute Gasteiger partial charge is 0.409 e. The Kier molecular flexibility index (Phi) is 5.75. The minimum absolute atomic E-state index is 0.215.